The zero-order valence-electron chi connectivity index (χ0n) is 15.4. The largest absolute Gasteiger partial charge is 0.497 e. The van der Waals surface area contributed by atoms with Gasteiger partial charge in [-0.25, -0.2) is 9.18 Å². The molecular weight excluding hydrogens is 367 g/mol. The number of halogens is 1. The summed E-state index contributed by atoms with van der Waals surface area (Å²) in [4.78, 5) is 38.0. The molecule has 0 bridgehead atoms. The molecule has 0 spiro atoms. The van der Waals surface area contributed by atoms with E-state index in [1.807, 2.05) is 0 Å². The van der Waals surface area contributed by atoms with Crippen molar-refractivity contribution in [3.05, 3.63) is 53.8 Å². The van der Waals surface area contributed by atoms with E-state index in [0.717, 1.165) is 13.2 Å². The van der Waals surface area contributed by atoms with Crippen LogP contribution < -0.4 is 15.0 Å². The maximum absolute atomic E-state index is 13.7. The first-order chi connectivity index (χ1) is 13.4. The van der Waals surface area contributed by atoms with Gasteiger partial charge in [0, 0.05) is 30.4 Å². The van der Waals surface area contributed by atoms with Gasteiger partial charge in [0.2, 0.25) is 11.8 Å². The Labute approximate surface area is 161 Å². The summed E-state index contributed by atoms with van der Waals surface area (Å²) in [6, 6.07) is 10.6. The van der Waals surface area contributed by atoms with E-state index < -0.39 is 17.7 Å². The average Bonchev–Trinajstić information content (AvgIpc) is 3.10. The monoisotopic (exact) mass is 386 g/mol. The molecule has 1 N–H and O–H groups in total. The van der Waals surface area contributed by atoms with E-state index in [1.165, 1.54) is 24.1 Å². The number of carbonyl (C=O) groups is 3. The Morgan fingerprint density at radius 2 is 1.96 bits per heavy atom. The van der Waals surface area contributed by atoms with Gasteiger partial charge in [0.15, 0.2) is 0 Å². The molecule has 1 fully saturated rings. The van der Waals surface area contributed by atoms with Crippen LogP contribution in [-0.4, -0.2) is 38.5 Å². The quantitative estimate of drug-likeness (QED) is 0.799. The number of esters is 1. The smallest absolute Gasteiger partial charge is 0.340 e. The molecule has 2 aromatic carbocycles. The number of methoxy groups -OCH3 is 2. The number of hydrogen-bond donors (Lipinski definition) is 1. The van der Waals surface area contributed by atoms with Crippen molar-refractivity contribution in [1.29, 1.82) is 0 Å². The number of nitrogens with zero attached hydrogens (tertiary/aromatic N) is 1. The number of hydrogen-bond acceptors (Lipinski definition) is 5. The highest BCUT2D eigenvalue weighted by atomic mass is 19.1. The number of nitrogens with one attached hydrogen (secondary N) is 1. The van der Waals surface area contributed by atoms with Gasteiger partial charge in [-0.3, -0.25) is 9.59 Å². The number of carbonyl (C=O) groups excluding carboxylic acids is 3. The molecule has 146 valence electrons. The lowest BCUT2D eigenvalue weighted by Crippen LogP contribution is -2.28. The van der Waals surface area contributed by atoms with E-state index in [2.05, 4.69) is 10.1 Å². The molecule has 0 aromatic heterocycles. The molecule has 1 heterocycles. The van der Waals surface area contributed by atoms with Crippen molar-refractivity contribution < 1.29 is 28.2 Å². The third-order valence-corrected chi connectivity index (χ3v) is 4.50. The van der Waals surface area contributed by atoms with Crippen molar-refractivity contribution in [3.63, 3.8) is 0 Å². The third-order valence-electron chi connectivity index (χ3n) is 4.50. The van der Waals surface area contributed by atoms with Crippen molar-refractivity contribution in [3.8, 4) is 5.75 Å². The van der Waals surface area contributed by atoms with E-state index in [4.69, 9.17) is 4.74 Å². The van der Waals surface area contributed by atoms with Crippen LogP contribution in [0.4, 0.5) is 15.8 Å². The second-order valence-electron chi connectivity index (χ2n) is 6.28. The maximum Gasteiger partial charge on any atom is 0.340 e. The fraction of sp³-hybridized carbons (Fsp3) is 0.250. The summed E-state index contributed by atoms with van der Waals surface area (Å²) in [5.74, 6) is -2.12. The predicted octanol–water partition coefficient (Wildman–Crippen LogP) is 2.61. The predicted molar refractivity (Wildman–Crippen MR) is 99.8 cm³/mol. The Kier molecular flexibility index (Phi) is 5.58. The standard InChI is InChI=1S/C20H19FN2O5/c1-27-15-5-3-4-14(10-15)23-11-12(8-18(23)24)19(25)22-13-6-7-17(21)16(9-13)20(26)28-2/h3-7,9-10,12H,8,11H2,1-2H3,(H,22,25)/t12-/m1/s1. The second-order valence-corrected chi connectivity index (χ2v) is 6.28. The first-order valence-electron chi connectivity index (χ1n) is 8.56. The lowest BCUT2D eigenvalue weighted by atomic mass is 10.1. The molecular formula is C20H19FN2O5. The number of amides is 2. The van der Waals surface area contributed by atoms with Crippen molar-refractivity contribution in [1.82, 2.24) is 0 Å². The van der Waals surface area contributed by atoms with Crippen molar-refractivity contribution in [2.24, 2.45) is 5.92 Å². The summed E-state index contributed by atoms with van der Waals surface area (Å²) in [6.07, 6.45) is 0.0497. The summed E-state index contributed by atoms with van der Waals surface area (Å²) in [5, 5.41) is 2.63. The fourth-order valence-corrected chi connectivity index (χ4v) is 3.02. The first-order valence-corrected chi connectivity index (χ1v) is 8.56. The summed E-state index contributed by atoms with van der Waals surface area (Å²) in [6.45, 7) is 0.211. The zero-order chi connectivity index (χ0) is 20.3. The van der Waals surface area contributed by atoms with E-state index in [0.29, 0.717) is 11.4 Å². The highest BCUT2D eigenvalue weighted by molar-refractivity contribution is 6.04. The highest BCUT2D eigenvalue weighted by Crippen LogP contribution is 2.28. The Bertz CT molecular complexity index is 931. The van der Waals surface area contributed by atoms with Crippen molar-refractivity contribution in [2.45, 2.75) is 6.42 Å². The van der Waals surface area contributed by atoms with E-state index >= 15 is 0 Å². The fourth-order valence-electron chi connectivity index (χ4n) is 3.02. The molecule has 0 unspecified atom stereocenters. The Balaban J connectivity index is 1.72. The van der Waals surface area contributed by atoms with Crippen LogP contribution >= 0.6 is 0 Å². The molecule has 0 radical (unpaired) electrons. The first kappa shape index (κ1) is 19.3. The minimum absolute atomic E-state index is 0.0497. The average molecular weight is 386 g/mol. The molecule has 1 atom stereocenters. The van der Waals surface area contributed by atoms with Gasteiger partial charge < -0.3 is 19.7 Å². The molecule has 3 rings (SSSR count). The summed E-state index contributed by atoms with van der Waals surface area (Å²) >= 11 is 0. The number of ether oxygens (including phenoxy) is 2. The molecule has 1 saturated heterocycles. The number of rotatable bonds is 5. The molecule has 2 aromatic rings. The van der Waals surface area contributed by atoms with Crippen molar-refractivity contribution in [2.75, 3.05) is 31.0 Å². The zero-order valence-corrected chi connectivity index (χ0v) is 15.4. The molecule has 2 amide bonds. The molecule has 8 heteroatoms. The molecule has 1 aliphatic heterocycles. The van der Waals surface area contributed by atoms with E-state index in [-0.39, 0.29) is 36.0 Å². The molecule has 7 nitrogen and oxygen atoms in total. The Hall–Kier alpha value is -3.42. The summed E-state index contributed by atoms with van der Waals surface area (Å²) in [5.41, 5.74) is 0.620. The van der Waals surface area contributed by atoms with E-state index in [9.17, 15) is 18.8 Å². The van der Waals surface area contributed by atoms with Crippen LogP contribution in [-0.2, 0) is 14.3 Å². The van der Waals surface area contributed by atoms with Gasteiger partial charge in [-0.1, -0.05) is 6.07 Å². The minimum atomic E-state index is -0.839. The van der Waals surface area contributed by atoms with E-state index in [1.54, 1.807) is 24.3 Å². The van der Waals surface area contributed by atoms with Crippen LogP contribution in [0.25, 0.3) is 0 Å². The van der Waals surface area contributed by atoms with Crippen LogP contribution in [0.15, 0.2) is 42.5 Å². The summed E-state index contributed by atoms with van der Waals surface area (Å²) in [7, 11) is 2.68. The van der Waals surface area contributed by atoms with Crippen LogP contribution in [0.5, 0.6) is 5.75 Å². The lowest BCUT2D eigenvalue weighted by molar-refractivity contribution is -0.122. The van der Waals surface area contributed by atoms with Gasteiger partial charge >= 0.3 is 5.97 Å². The van der Waals surface area contributed by atoms with Gasteiger partial charge in [0.05, 0.1) is 25.7 Å². The van der Waals surface area contributed by atoms with Crippen LogP contribution in [0.1, 0.15) is 16.8 Å². The lowest BCUT2D eigenvalue weighted by Gasteiger charge is -2.17. The van der Waals surface area contributed by atoms with Gasteiger partial charge in [-0.2, -0.15) is 0 Å². The second kappa shape index (κ2) is 8.08. The molecule has 28 heavy (non-hydrogen) atoms. The highest BCUT2D eigenvalue weighted by Gasteiger charge is 2.35. The Morgan fingerprint density at radius 3 is 2.68 bits per heavy atom. The van der Waals surface area contributed by atoms with Crippen LogP contribution in [0.2, 0.25) is 0 Å². The van der Waals surface area contributed by atoms with Gasteiger partial charge in [-0.15, -0.1) is 0 Å². The number of anilines is 2. The van der Waals surface area contributed by atoms with Gasteiger partial charge in [0.25, 0.3) is 0 Å². The normalized spacial score (nSPS) is 16.0. The maximum atomic E-state index is 13.7. The minimum Gasteiger partial charge on any atom is -0.497 e. The molecule has 1 aliphatic rings. The summed E-state index contributed by atoms with van der Waals surface area (Å²) < 4.78 is 23.4. The molecule has 0 saturated carbocycles. The SMILES string of the molecule is COC(=O)c1cc(NC(=O)[C@@H]2CC(=O)N(c3cccc(OC)c3)C2)ccc1F. The molecule has 0 aliphatic carbocycles. The van der Waals surface area contributed by atoms with Crippen LogP contribution in [0, 0.1) is 11.7 Å². The topological polar surface area (TPSA) is 84.9 Å². The Morgan fingerprint density at radius 1 is 1.18 bits per heavy atom. The third kappa shape index (κ3) is 3.95. The van der Waals surface area contributed by atoms with Crippen LogP contribution in [0.3, 0.4) is 0 Å². The number of benzene rings is 2. The van der Waals surface area contributed by atoms with Gasteiger partial charge in [-0.05, 0) is 30.3 Å². The van der Waals surface area contributed by atoms with Gasteiger partial charge in [0.1, 0.15) is 11.6 Å². The van der Waals surface area contributed by atoms with Crippen molar-refractivity contribution >= 4 is 29.2 Å².